The Kier molecular flexibility index (Phi) is 6.65. The van der Waals surface area contributed by atoms with E-state index in [1.165, 1.54) is 17.3 Å². The number of esters is 1. The van der Waals surface area contributed by atoms with Crippen LogP contribution in [0, 0.1) is 0 Å². The van der Waals surface area contributed by atoms with Crippen molar-refractivity contribution in [3.8, 4) is 0 Å². The highest BCUT2D eigenvalue weighted by Gasteiger charge is 2.26. The summed E-state index contributed by atoms with van der Waals surface area (Å²) >= 11 is 0. The maximum Gasteiger partial charge on any atom is 0.338 e. The summed E-state index contributed by atoms with van der Waals surface area (Å²) in [5, 5.41) is 4.60. The summed E-state index contributed by atoms with van der Waals surface area (Å²) in [6.45, 7) is 5.24. The first-order valence-corrected chi connectivity index (χ1v) is 10.8. The molecule has 1 aliphatic heterocycles. The standard InChI is InChI=1S/C18H25N3O6S/c1-11(2)19-18(24)20-16(22)12(3)27-17(23)14-7-8-15-13(10-14)6-5-9-21(15)28(4,25)26/h7-8,10-12H,5-6,9H2,1-4H3,(H2,19,20,22,24)/t12-/m1/s1. The first kappa shape index (κ1) is 21.7. The number of aryl methyl sites for hydroxylation is 1. The Morgan fingerprint density at radius 2 is 1.86 bits per heavy atom. The van der Waals surface area contributed by atoms with Crippen LogP contribution in [0.2, 0.25) is 0 Å². The van der Waals surface area contributed by atoms with E-state index in [0.717, 1.165) is 11.8 Å². The summed E-state index contributed by atoms with van der Waals surface area (Å²) in [7, 11) is -3.40. The molecule has 0 saturated carbocycles. The topological polar surface area (TPSA) is 122 Å². The van der Waals surface area contributed by atoms with Gasteiger partial charge in [-0.25, -0.2) is 18.0 Å². The number of nitrogens with zero attached hydrogens (tertiary/aromatic N) is 1. The molecule has 0 radical (unpaired) electrons. The number of amides is 3. The molecule has 2 N–H and O–H groups in total. The van der Waals surface area contributed by atoms with Crippen LogP contribution in [0.25, 0.3) is 0 Å². The fraction of sp³-hybridized carbons (Fsp3) is 0.500. The Balaban J connectivity index is 2.07. The zero-order valence-corrected chi connectivity index (χ0v) is 17.1. The van der Waals surface area contributed by atoms with Crippen molar-refractivity contribution in [2.24, 2.45) is 0 Å². The average molecular weight is 411 g/mol. The number of imide groups is 1. The molecule has 154 valence electrons. The fourth-order valence-electron chi connectivity index (χ4n) is 2.83. The van der Waals surface area contributed by atoms with Gasteiger partial charge in [-0.15, -0.1) is 0 Å². The van der Waals surface area contributed by atoms with Crippen molar-refractivity contribution in [1.29, 1.82) is 0 Å². The largest absolute Gasteiger partial charge is 0.449 e. The van der Waals surface area contributed by atoms with Crippen molar-refractivity contribution >= 4 is 33.6 Å². The molecule has 0 bridgehead atoms. The number of ether oxygens (including phenoxy) is 1. The predicted octanol–water partition coefficient (Wildman–Crippen LogP) is 1.18. The number of sulfonamides is 1. The van der Waals surface area contributed by atoms with Crippen LogP contribution in [0.4, 0.5) is 10.5 Å². The Morgan fingerprint density at radius 3 is 2.46 bits per heavy atom. The molecule has 0 saturated heterocycles. The SMILES string of the molecule is CC(C)NC(=O)NC(=O)[C@@H](C)OC(=O)c1ccc2c(c1)CCCN2S(C)(=O)=O. The molecule has 0 fully saturated rings. The molecule has 0 unspecified atom stereocenters. The minimum atomic E-state index is -3.40. The zero-order valence-electron chi connectivity index (χ0n) is 16.3. The number of urea groups is 1. The lowest BCUT2D eigenvalue weighted by Crippen LogP contribution is -2.46. The second-order valence-electron chi connectivity index (χ2n) is 6.95. The lowest BCUT2D eigenvalue weighted by molar-refractivity contribution is -0.127. The molecule has 9 nitrogen and oxygen atoms in total. The van der Waals surface area contributed by atoms with Gasteiger partial charge in [-0.05, 0) is 57.4 Å². The van der Waals surface area contributed by atoms with Gasteiger partial charge in [-0.3, -0.25) is 14.4 Å². The maximum absolute atomic E-state index is 12.4. The molecule has 2 rings (SSSR count). The van der Waals surface area contributed by atoms with Gasteiger partial charge in [0, 0.05) is 12.6 Å². The van der Waals surface area contributed by atoms with Gasteiger partial charge in [0.25, 0.3) is 5.91 Å². The van der Waals surface area contributed by atoms with Crippen molar-refractivity contribution in [3.63, 3.8) is 0 Å². The molecule has 1 aliphatic rings. The van der Waals surface area contributed by atoms with Gasteiger partial charge in [0.1, 0.15) is 0 Å². The van der Waals surface area contributed by atoms with Crippen molar-refractivity contribution in [1.82, 2.24) is 10.6 Å². The molecule has 0 aliphatic carbocycles. The van der Waals surface area contributed by atoms with Crippen molar-refractivity contribution < 1.29 is 27.5 Å². The highest BCUT2D eigenvalue weighted by Crippen LogP contribution is 2.30. The molecule has 0 spiro atoms. The Hall–Kier alpha value is -2.62. The Morgan fingerprint density at radius 1 is 1.18 bits per heavy atom. The molecule has 1 aromatic carbocycles. The normalized spacial score (nSPS) is 14.8. The van der Waals surface area contributed by atoms with E-state index in [9.17, 15) is 22.8 Å². The molecule has 1 aromatic rings. The lowest BCUT2D eigenvalue weighted by Gasteiger charge is -2.29. The number of rotatable bonds is 5. The molecule has 10 heteroatoms. The van der Waals surface area contributed by atoms with E-state index in [4.69, 9.17) is 4.74 Å². The van der Waals surface area contributed by atoms with Crippen molar-refractivity contribution in [2.45, 2.75) is 45.8 Å². The molecular formula is C18H25N3O6S. The van der Waals surface area contributed by atoms with Crippen molar-refractivity contribution in [2.75, 3.05) is 17.1 Å². The molecule has 1 atom stereocenters. The number of benzene rings is 1. The highest BCUT2D eigenvalue weighted by atomic mass is 32.2. The lowest BCUT2D eigenvalue weighted by atomic mass is 10.0. The zero-order chi connectivity index (χ0) is 21.1. The van der Waals surface area contributed by atoms with Gasteiger partial charge >= 0.3 is 12.0 Å². The van der Waals surface area contributed by atoms with Crippen LogP contribution in [0.3, 0.4) is 0 Å². The van der Waals surface area contributed by atoms with Crippen LogP contribution < -0.4 is 14.9 Å². The summed E-state index contributed by atoms with van der Waals surface area (Å²) in [6, 6.07) is 3.78. The van der Waals surface area contributed by atoms with Gasteiger partial charge in [0.15, 0.2) is 6.10 Å². The van der Waals surface area contributed by atoms with Crippen LogP contribution in [0.15, 0.2) is 18.2 Å². The second-order valence-corrected chi connectivity index (χ2v) is 8.85. The number of carbonyl (C=O) groups is 3. The molecule has 1 heterocycles. The summed E-state index contributed by atoms with van der Waals surface area (Å²) in [4.78, 5) is 35.9. The molecule has 3 amide bonds. The van der Waals surface area contributed by atoms with E-state index in [0.29, 0.717) is 25.1 Å². The summed E-state index contributed by atoms with van der Waals surface area (Å²) in [5.74, 6) is -1.47. The number of fused-ring (bicyclic) bond motifs is 1. The van der Waals surface area contributed by atoms with Gasteiger partial charge in [0.2, 0.25) is 10.0 Å². The average Bonchev–Trinajstić information content (AvgIpc) is 2.58. The molecular weight excluding hydrogens is 386 g/mol. The number of carbonyl (C=O) groups excluding carboxylic acids is 3. The van der Waals surface area contributed by atoms with E-state index >= 15 is 0 Å². The van der Waals surface area contributed by atoms with E-state index < -0.39 is 34.0 Å². The van der Waals surface area contributed by atoms with Gasteiger partial charge in [-0.2, -0.15) is 0 Å². The second kappa shape index (κ2) is 8.59. The third-order valence-corrected chi connectivity index (χ3v) is 5.28. The molecule has 0 aromatic heterocycles. The number of nitrogens with one attached hydrogen (secondary N) is 2. The van der Waals surface area contributed by atoms with Gasteiger partial charge in [-0.1, -0.05) is 0 Å². The van der Waals surface area contributed by atoms with E-state index in [1.54, 1.807) is 26.0 Å². The van der Waals surface area contributed by atoms with E-state index in [2.05, 4.69) is 10.6 Å². The van der Waals surface area contributed by atoms with E-state index in [1.807, 2.05) is 0 Å². The van der Waals surface area contributed by atoms with Crippen LogP contribution in [0.1, 0.15) is 43.1 Å². The number of hydrogen-bond acceptors (Lipinski definition) is 6. The summed E-state index contributed by atoms with van der Waals surface area (Å²) in [6.07, 6.45) is 1.24. The monoisotopic (exact) mass is 411 g/mol. The van der Waals surface area contributed by atoms with E-state index in [-0.39, 0.29) is 11.6 Å². The van der Waals surface area contributed by atoms with Crippen LogP contribution >= 0.6 is 0 Å². The predicted molar refractivity (Wildman–Crippen MR) is 104 cm³/mol. The number of anilines is 1. The minimum Gasteiger partial charge on any atom is -0.449 e. The third-order valence-electron chi connectivity index (χ3n) is 4.10. The van der Waals surface area contributed by atoms with Crippen molar-refractivity contribution in [3.05, 3.63) is 29.3 Å². The summed E-state index contributed by atoms with van der Waals surface area (Å²) in [5.41, 5.74) is 1.47. The van der Waals surface area contributed by atoms with Gasteiger partial charge < -0.3 is 10.1 Å². The smallest absolute Gasteiger partial charge is 0.338 e. The van der Waals surface area contributed by atoms with Crippen LogP contribution in [-0.2, 0) is 26.0 Å². The first-order chi connectivity index (χ1) is 13.0. The first-order valence-electron chi connectivity index (χ1n) is 8.92. The summed E-state index contributed by atoms with van der Waals surface area (Å²) < 4.78 is 30.2. The highest BCUT2D eigenvalue weighted by molar-refractivity contribution is 7.92. The Labute approximate surface area is 164 Å². The third kappa shape index (κ3) is 5.44. The van der Waals surface area contributed by atoms with Crippen LogP contribution in [0.5, 0.6) is 0 Å². The molecule has 28 heavy (non-hydrogen) atoms. The minimum absolute atomic E-state index is 0.146. The van der Waals surface area contributed by atoms with Crippen LogP contribution in [-0.4, -0.2) is 51.3 Å². The van der Waals surface area contributed by atoms with Gasteiger partial charge in [0.05, 0.1) is 17.5 Å². The Bertz CT molecular complexity index is 881. The maximum atomic E-state index is 12.4. The number of hydrogen-bond donors (Lipinski definition) is 2. The fourth-order valence-corrected chi connectivity index (χ4v) is 3.82. The quantitative estimate of drug-likeness (QED) is 0.702.